The third-order valence-corrected chi connectivity index (χ3v) is 3.80. The summed E-state index contributed by atoms with van der Waals surface area (Å²) >= 11 is 0. The van der Waals surface area contributed by atoms with Crippen LogP contribution in [0.15, 0.2) is 72.4 Å². The zero-order valence-corrected chi connectivity index (χ0v) is 13.2. The van der Waals surface area contributed by atoms with Crippen LogP contribution in [0.2, 0.25) is 0 Å². The van der Waals surface area contributed by atoms with E-state index in [-0.39, 0.29) is 0 Å². The van der Waals surface area contributed by atoms with Crippen LogP contribution in [0.1, 0.15) is 6.92 Å². The number of benzene rings is 2. The second kappa shape index (κ2) is 6.40. The molecule has 4 nitrogen and oxygen atoms in total. The molecule has 23 heavy (non-hydrogen) atoms. The zero-order valence-electron chi connectivity index (χ0n) is 13.2. The zero-order chi connectivity index (χ0) is 16.2. The molecule has 1 aromatic heterocycles. The number of nitrogens with one attached hydrogen (secondary N) is 1. The van der Waals surface area contributed by atoms with E-state index in [1.165, 1.54) is 21.8 Å². The summed E-state index contributed by atoms with van der Waals surface area (Å²) in [6, 6.07) is 14.7. The van der Waals surface area contributed by atoms with E-state index in [2.05, 4.69) is 64.8 Å². The van der Waals surface area contributed by atoms with E-state index in [0.717, 1.165) is 12.2 Å². The molecule has 0 radical (unpaired) electrons. The highest BCUT2D eigenvalue weighted by atomic mass is 15.1. The van der Waals surface area contributed by atoms with Crippen LogP contribution in [0.25, 0.3) is 21.8 Å². The molecule has 0 unspecified atom stereocenters. The van der Waals surface area contributed by atoms with E-state index in [4.69, 9.17) is 5.73 Å². The van der Waals surface area contributed by atoms with Crippen molar-refractivity contribution < 1.29 is 0 Å². The number of rotatable bonds is 4. The quantitative estimate of drug-likeness (QED) is 0.430. The number of nitrogens with zero attached hydrogens (tertiary/aromatic N) is 2. The van der Waals surface area contributed by atoms with E-state index in [9.17, 15) is 0 Å². The highest BCUT2D eigenvalue weighted by Crippen LogP contribution is 2.30. The lowest BCUT2D eigenvalue weighted by Gasteiger charge is -2.06. The maximum atomic E-state index is 5.88. The van der Waals surface area contributed by atoms with Crippen LogP contribution in [0.5, 0.6) is 0 Å². The fourth-order valence-electron chi connectivity index (χ4n) is 2.84. The SMILES string of the molecule is C=C/C=C\N=C(N)Nc1ccc2c(c1)c1ccccc1n2CC. The van der Waals surface area contributed by atoms with Crippen LogP contribution in [-0.4, -0.2) is 10.5 Å². The van der Waals surface area contributed by atoms with E-state index < -0.39 is 0 Å². The Kier molecular flexibility index (Phi) is 4.15. The summed E-state index contributed by atoms with van der Waals surface area (Å²) in [5.74, 6) is 0.349. The molecule has 4 heteroatoms. The molecule has 0 bridgehead atoms. The number of allylic oxidation sites excluding steroid dienone is 2. The number of aryl methyl sites for hydroxylation is 1. The van der Waals surface area contributed by atoms with E-state index in [1.54, 1.807) is 18.4 Å². The van der Waals surface area contributed by atoms with Gasteiger partial charge in [-0.3, -0.25) is 0 Å². The molecule has 3 N–H and O–H groups in total. The van der Waals surface area contributed by atoms with Gasteiger partial charge < -0.3 is 15.6 Å². The number of aromatic nitrogens is 1. The second-order valence-corrected chi connectivity index (χ2v) is 5.21. The van der Waals surface area contributed by atoms with Gasteiger partial charge in [0.05, 0.1) is 0 Å². The predicted octanol–water partition coefficient (Wildman–Crippen LogP) is 4.24. The minimum Gasteiger partial charge on any atom is -0.369 e. The van der Waals surface area contributed by atoms with Crippen LogP contribution in [0, 0.1) is 0 Å². The van der Waals surface area contributed by atoms with E-state index in [1.807, 2.05) is 6.07 Å². The Morgan fingerprint density at radius 2 is 2.00 bits per heavy atom. The van der Waals surface area contributed by atoms with Crippen molar-refractivity contribution in [2.24, 2.45) is 10.7 Å². The molecule has 0 aliphatic rings. The first kappa shape index (κ1) is 14.9. The van der Waals surface area contributed by atoms with Gasteiger partial charge in [-0.15, -0.1) is 0 Å². The van der Waals surface area contributed by atoms with Gasteiger partial charge in [-0.05, 0) is 37.3 Å². The Bertz CT molecular complexity index is 916. The van der Waals surface area contributed by atoms with Crippen molar-refractivity contribution in [3.8, 4) is 0 Å². The smallest absolute Gasteiger partial charge is 0.197 e. The highest BCUT2D eigenvalue weighted by Gasteiger charge is 2.09. The number of fused-ring (bicyclic) bond motifs is 3. The number of nitrogens with two attached hydrogens (primary N) is 1. The molecule has 3 aromatic rings. The van der Waals surface area contributed by atoms with Crippen molar-refractivity contribution in [1.29, 1.82) is 0 Å². The highest BCUT2D eigenvalue weighted by molar-refractivity contribution is 6.09. The van der Waals surface area contributed by atoms with Crippen LogP contribution in [0.4, 0.5) is 5.69 Å². The lowest BCUT2D eigenvalue weighted by Crippen LogP contribution is -2.21. The minimum absolute atomic E-state index is 0.349. The summed E-state index contributed by atoms with van der Waals surface area (Å²) in [7, 11) is 0. The van der Waals surface area contributed by atoms with Gasteiger partial charge in [-0.2, -0.15) is 0 Å². The molecule has 3 rings (SSSR count). The molecule has 1 heterocycles. The van der Waals surface area contributed by atoms with Gasteiger partial charge >= 0.3 is 0 Å². The standard InChI is InChI=1S/C19H20N4/c1-3-5-12-21-19(20)22-14-10-11-18-16(13-14)15-8-6-7-9-17(15)23(18)4-2/h3,5-13H,1,4H2,2H3,(H3,20,21,22)/b12-5-. The average molecular weight is 304 g/mol. The van der Waals surface area contributed by atoms with Crippen LogP contribution in [0.3, 0.4) is 0 Å². The molecule has 0 atom stereocenters. The Morgan fingerprint density at radius 3 is 2.78 bits per heavy atom. The summed E-state index contributed by atoms with van der Waals surface area (Å²) in [6.45, 7) is 6.69. The van der Waals surface area contributed by atoms with Gasteiger partial charge in [0.25, 0.3) is 0 Å². The summed E-state index contributed by atoms with van der Waals surface area (Å²) in [6.07, 6.45) is 4.99. The largest absolute Gasteiger partial charge is 0.369 e. The van der Waals surface area contributed by atoms with Gasteiger partial charge in [0, 0.05) is 40.2 Å². The molecule has 0 spiro atoms. The van der Waals surface area contributed by atoms with Crippen molar-refractivity contribution >= 4 is 33.5 Å². The first-order valence-electron chi connectivity index (χ1n) is 7.63. The molecule has 0 saturated heterocycles. The fraction of sp³-hybridized carbons (Fsp3) is 0.105. The summed E-state index contributed by atoms with van der Waals surface area (Å²) in [5.41, 5.74) is 9.28. The maximum absolute atomic E-state index is 5.88. The van der Waals surface area contributed by atoms with Crippen LogP contribution in [-0.2, 0) is 6.54 Å². The number of anilines is 1. The lowest BCUT2D eigenvalue weighted by atomic mass is 10.1. The molecule has 2 aromatic carbocycles. The molecule has 0 fully saturated rings. The predicted molar refractivity (Wildman–Crippen MR) is 99.7 cm³/mol. The average Bonchev–Trinajstić information content (AvgIpc) is 2.88. The Morgan fingerprint density at radius 1 is 1.22 bits per heavy atom. The fourth-order valence-corrected chi connectivity index (χ4v) is 2.84. The number of guanidine groups is 1. The topological polar surface area (TPSA) is 55.3 Å². The normalized spacial score (nSPS) is 12.3. The Hall–Kier alpha value is -3.01. The molecular weight excluding hydrogens is 284 g/mol. The van der Waals surface area contributed by atoms with E-state index >= 15 is 0 Å². The summed E-state index contributed by atoms with van der Waals surface area (Å²) in [4.78, 5) is 4.10. The molecule has 0 aliphatic carbocycles. The van der Waals surface area contributed by atoms with Crippen LogP contribution >= 0.6 is 0 Å². The molecule has 116 valence electrons. The summed E-state index contributed by atoms with van der Waals surface area (Å²) in [5, 5.41) is 5.57. The molecular formula is C19H20N4. The first-order chi connectivity index (χ1) is 11.2. The van der Waals surface area contributed by atoms with Gasteiger partial charge in [0.15, 0.2) is 5.96 Å². The maximum Gasteiger partial charge on any atom is 0.197 e. The number of para-hydroxylation sites is 1. The first-order valence-corrected chi connectivity index (χ1v) is 7.63. The summed E-state index contributed by atoms with van der Waals surface area (Å²) < 4.78 is 2.32. The third kappa shape index (κ3) is 2.83. The minimum atomic E-state index is 0.349. The van der Waals surface area contributed by atoms with Crippen LogP contribution < -0.4 is 11.1 Å². The second-order valence-electron chi connectivity index (χ2n) is 5.21. The van der Waals surface area contributed by atoms with Crippen molar-refractivity contribution in [3.05, 3.63) is 67.4 Å². The third-order valence-electron chi connectivity index (χ3n) is 3.80. The lowest BCUT2D eigenvalue weighted by molar-refractivity contribution is 0.827. The van der Waals surface area contributed by atoms with Gasteiger partial charge in [-0.25, -0.2) is 4.99 Å². The van der Waals surface area contributed by atoms with Gasteiger partial charge in [-0.1, -0.05) is 30.9 Å². The van der Waals surface area contributed by atoms with Gasteiger partial charge in [0.1, 0.15) is 0 Å². The van der Waals surface area contributed by atoms with Crippen molar-refractivity contribution in [2.75, 3.05) is 5.32 Å². The Labute approximate surface area is 135 Å². The number of hydrogen-bond donors (Lipinski definition) is 2. The molecule has 0 amide bonds. The molecule has 0 aliphatic heterocycles. The van der Waals surface area contributed by atoms with Gasteiger partial charge in [0.2, 0.25) is 0 Å². The van der Waals surface area contributed by atoms with Crippen molar-refractivity contribution in [3.63, 3.8) is 0 Å². The Balaban J connectivity index is 2.05. The molecule has 0 saturated carbocycles. The van der Waals surface area contributed by atoms with E-state index in [0.29, 0.717) is 5.96 Å². The number of aliphatic imine (C=N–C) groups is 1. The monoisotopic (exact) mass is 304 g/mol. The van der Waals surface area contributed by atoms with Crippen molar-refractivity contribution in [1.82, 2.24) is 4.57 Å². The number of hydrogen-bond acceptors (Lipinski definition) is 1. The van der Waals surface area contributed by atoms with Crippen molar-refractivity contribution in [2.45, 2.75) is 13.5 Å².